The first-order valence-corrected chi connectivity index (χ1v) is 9.94. The molecule has 1 unspecified atom stereocenters. The molecule has 0 fully saturated rings. The van der Waals surface area contributed by atoms with Crippen LogP contribution in [0, 0.1) is 0 Å². The number of Topliss-reactive ketones (excluding diaryl/α,β-unsaturated/α-hetero) is 1. The number of H-pyrrole nitrogens is 1. The molecular weight excluding hydrogens is 398 g/mol. The number of aromatic nitrogens is 2. The Bertz CT molecular complexity index is 1230. The number of furan rings is 2. The van der Waals surface area contributed by atoms with Crippen LogP contribution in [0.2, 0.25) is 0 Å². The fourth-order valence-electron chi connectivity index (χ4n) is 3.95. The van der Waals surface area contributed by atoms with Crippen LogP contribution < -0.4 is 9.67 Å². The second kappa shape index (κ2) is 7.64. The van der Waals surface area contributed by atoms with Gasteiger partial charge < -0.3 is 18.8 Å². The van der Waals surface area contributed by atoms with Crippen LogP contribution in [0.3, 0.4) is 0 Å². The van der Waals surface area contributed by atoms with Gasteiger partial charge in [-0.1, -0.05) is 18.2 Å². The molecular formula is C23H19N3O5. The van der Waals surface area contributed by atoms with Crippen LogP contribution in [0.15, 0.2) is 87.6 Å². The van der Waals surface area contributed by atoms with Crippen molar-refractivity contribution in [2.24, 2.45) is 0 Å². The molecule has 0 saturated heterocycles. The molecule has 156 valence electrons. The van der Waals surface area contributed by atoms with Gasteiger partial charge >= 0.3 is 0 Å². The molecule has 4 aromatic rings. The van der Waals surface area contributed by atoms with E-state index in [-0.39, 0.29) is 11.3 Å². The molecule has 3 aromatic heterocycles. The van der Waals surface area contributed by atoms with Crippen molar-refractivity contribution in [1.29, 1.82) is 0 Å². The molecule has 0 spiro atoms. The molecule has 1 aromatic carbocycles. The van der Waals surface area contributed by atoms with Gasteiger partial charge in [0.15, 0.2) is 5.76 Å². The molecule has 8 heteroatoms. The van der Waals surface area contributed by atoms with E-state index in [9.17, 15) is 14.7 Å². The first-order valence-electron chi connectivity index (χ1n) is 9.94. The normalized spacial score (nSPS) is 16.6. The number of hydrogen-bond donors (Lipinski definition) is 1. The minimum absolute atomic E-state index is 0.0265. The van der Waals surface area contributed by atoms with Crippen LogP contribution >= 0.6 is 0 Å². The number of benzene rings is 1. The van der Waals surface area contributed by atoms with Gasteiger partial charge in [0, 0.05) is 23.9 Å². The summed E-state index contributed by atoms with van der Waals surface area (Å²) >= 11 is 0. The molecule has 1 atom stereocenters. The number of carbonyl (C=O) groups is 2. The number of nitrogens with one attached hydrogen (secondary N) is 1. The Morgan fingerprint density at radius 3 is 2.84 bits per heavy atom. The van der Waals surface area contributed by atoms with E-state index in [0.717, 1.165) is 5.39 Å². The van der Waals surface area contributed by atoms with Gasteiger partial charge in [0.25, 0.3) is 0 Å². The molecule has 8 nitrogen and oxygen atoms in total. The van der Waals surface area contributed by atoms with E-state index in [4.69, 9.17) is 8.83 Å². The molecule has 0 radical (unpaired) electrons. The van der Waals surface area contributed by atoms with E-state index in [0.29, 0.717) is 30.9 Å². The summed E-state index contributed by atoms with van der Waals surface area (Å²) in [5, 5.41) is 13.6. The fraction of sp³-hybridized carbons (Fsp3) is 0.174. The molecule has 0 saturated carbocycles. The lowest BCUT2D eigenvalue weighted by atomic mass is 9.99. The Morgan fingerprint density at radius 1 is 1.23 bits per heavy atom. The third kappa shape index (κ3) is 3.31. The highest BCUT2D eigenvalue weighted by Gasteiger charge is 2.41. The van der Waals surface area contributed by atoms with Gasteiger partial charge in [-0.3, -0.25) is 14.6 Å². The minimum atomic E-state index is -0.882. The average Bonchev–Trinajstić information content (AvgIpc) is 3.57. The van der Waals surface area contributed by atoms with Crippen molar-refractivity contribution < 1.29 is 28.1 Å². The Morgan fingerprint density at radius 2 is 2.10 bits per heavy atom. The predicted octanol–water partition coefficient (Wildman–Crippen LogP) is 2.11. The summed E-state index contributed by atoms with van der Waals surface area (Å²) in [6, 6.07) is 11.2. The van der Waals surface area contributed by atoms with E-state index in [1.54, 1.807) is 36.5 Å². The Kier molecular flexibility index (Phi) is 4.66. The highest BCUT2D eigenvalue weighted by molar-refractivity contribution is 6.15. The second-order valence-electron chi connectivity index (χ2n) is 7.34. The molecule has 1 aliphatic heterocycles. The summed E-state index contributed by atoms with van der Waals surface area (Å²) in [6.45, 7) is 0.949. The van der Waals surface area contributed by atoms with E-state index in [1.165, 1.54) is 11.2 Å². The number of imidazole rings is 1. The number of nitrogens with zero attached hydrogens (tertiary/aromatic N) is 2. The van der Waals surface area contributed by atoms with Gasteiger partial charge in [0.2, 0.25) is 18.0 Å². The zero-order valence-electron chi connectivity index (χ0n) is 16.5. The molecule has 4 heterocycles. The second-order valence-corrected chi connectivity index (χ2v) is 7.34. The standard InChI is InChI=1S/C23H19N3O5/c27-21(18-13-15-5-1-2-6-16(15)31-18)19-20(17-7-3-12-30-17)26(23(29)22(19)28)10-4-9-25-11-8-24-14-25/h1-3,5-8,11-14,20H,4,9-10H2,(H,27,28). The molecule has 5 rings (SSSR count). The molecule has 31 heavy (non-hydrogen) atoms. The lowest BCUT2D eigenvalue weighted by Gasteiger charge is -2.25. The zero-order chi connectivity index (χ0) is 21.4. The number of aromatic amines is 1. The van der Waals surface area contributed by atoms with Crippen molar-refractivity contribution in [3.05, 3.63) is 90.3 Å². The first kappa shape index (κ1) is 18.9. The largest absolute Gasteiger partial charge is 0.868 e. The molecule has 1 N–H and O–H groups in total. The van der Waals surface area contributed by atoms with Crippen molar-refractivity contribution in [3.8, 4) is 0 Å². The number of aryl methyl sites for hydroxylation is 1. The van der Waals surface area contributed by atoms with Crippen LogP contribution in [0.1, 0.15) is 28.8 Å². The van der Waals surface area contributed by atoms with Gasteiger partial charge in [0.1, 0.15) is 29.8 Å². The van der Waals surface area contributed by atoms with Crippen LogP contribution in [0.5, 0.6) is 0 Å². The fourth-order valence-corrected chi connectivity index (χ4v) is 3.95. The van der Waals surface area contributed by atoms with Crippen LogP contribution in [-0.4, -0.2) is 28.1 Å². The lowest BCUT2D eigenvalue weighted by molar-refractivity contribution is -0.695. The maximum Gasteiger partial charge on any atom is 0.241 e. The third-order valence-corrected chi connectivity index (χ3v) is 5.41. The molecule has 0 bridgehead atoms. The molecule has 0 aliphatic carbocycles. The summed E-state index contributed by atoms with van der Waals surface area (Å²) in [5.41, 5.74) is 0.395. The summed E-state index contributed by atoms with van der Waals surface area (Å²) < 4.78 is 13.1. The Balaban J connectivity index is 1.47. The van der Waals surface area contributed by atoms with E-state index in [1.807, 2.05) is 29.2 Å². The lowest BCUT2D eigenvalue weighted by Crippen LogP contribution is -2.37. The summed E-state index contributed by atoms with van der Waals surface area (Å²) in [7, 11) is 0. The quantitative estimate of drug-likeness (QED) is 0.366. The maximum absolute atomic E-state index is 13.3. The zero-order valence-corrected chi connectivity index (χ0v) is 16.5. The predicted molar refractivity (Wildman–Crippen MR) is 106 cm³/mol. The van der Waals surface area contributed by atoms with Crippen LogP contribution in [0.25, 0.3) is 11.0 Å². The van der Waals surface area contributed by atoms with Gasteiger partial charge in [0.05, 0.1) is 12.8 Å². The highest BCUT2D eigenvalue weighted by Crippen LogP contribution is 2.39. The monoisotopic (exact) mass is 417 g/mol. The number of para-hydroxylation sites is 1. The maximum atomic E-state index is 13.3. The van der Waals surface area contributed by atoms with Crippen molar-refractivity contribution in [3.63, 3.8) is 0 Å². The smallest absolute Gasteiger partial charge is 0.241 e. The SMILES string of the molecule is O=C(C1=C([O-])C(=O)N(CCC[n+]2cc[nH]c2)C1c1ccco1)c1cc2ccccc2o1. The molecule has 1 aliphatic rings. The number of amides is 1. The van der Waals surface area contributed by atoms with Gasteiger partial charge in [-0.25, -0.2) is 4.57 Å². The average molecular weight is 417 g/mol. The molecule has 1 amide bonds. The van der Waals surface area contributed by atoms with Crippen LogP contribution in [-0.2, 0) is 11.3 Å². The van der Waals surface area contributed by atoms with Gasteiger partial charge in [-0.15, -0.1) is 0 Å². The van der Waals surface area contributed by atoms with E-state index >= 15 is 0 Å². The topological polar surface area (TPSA) is 106 Å². The van der Waals surface area contributed by atoms with Crippen molar-refractivity contribution in [2.45, 2.75) is 19.0 Å². The minimum Gasteiger partial charge on any atom is -0.868 e. The van der Waals surface area contributed by atoms with Crippen molar-refractivity contribution in [1.82, 2.24) is 9.88 Å². The summed E-state index contributed by atoms with van der Waals surface area (Å²) in [4.78, 5) is 30.5. The Hall–Kier alpha value is -4.07. The summed E-state index contributed by atoms with van der Waals surface area (Å²) in [6.07, 6.45) is 7.55. The number of carbonyl (C=O) groups excluding carboxylic acids is 2. The van der Waals surface area contributed by atoms with E-state index in [2.05, 4.69) is 4.98 Å². The first-order chi connectivity index (χ1) is 15.1. The third-order valence-electron chi connectivity index (χ3n) is 5.41. The Labute approximate surface area is 177 Å². The number of fused-ring (bicyclic) bond motifs is 1. The van der Waals surface area contributed by atoms with Gasteiger partial charge in [-0.05, 0) is 30.0 Å². The van der Waals surface area contributed by atoms with Crippen molar-refractivity contribution in [2.75, 3.05) is 6.54 Å². The number of rotatable bonds is 7. The highest BCUT2D eigenvalue weighted by atomic mass is 16.3. The van der Waals surface area contributed by atoms with E-state index < -0.39 is 23.5 Å². The van der Waals surface area contributed by atoms with Crippen LogP contribution in [0.4, 0.5) is 0 Å². The van der Waals surface area contributed by atoms with Gasteiger partial charge in [-0.2, -0.15) is 0 Å². The number of ketones is 1. The van der Waals surface area contributed by atoms with Crippen molar-refractivity contribution >= 4 is 22.7 Å². The summed E-state index contributed by atoms with van der Waals surface area (Å²) in [5.74, 6) is -1.73. The number of hydrogen-bond acceptors (Lipinski definition) is 5.